The van der Waals surface area contributed by atoms with Crippen LogP contribution < -0.4 is 10.1 Å². The summed E-state index contributed by atoms with van der Waals surface area (Å²) >= 11 is 1.27. The maximum Gasteiger partial charge on any atom is 0.254 e. The van der Waals surface area contributed by atoms with Crippen molar-refractivity contribution in [3.8, 4) is 5.75 Å². The molecule has 31 heavy (non-hydrogen) atoms. The Balaban J connectivity index is 1.69. The van der Waals surface area contributed by atoms with Crippen LogP contribution in [0.5, 0.6) is 5.75 Å². The number of hydrogen-bond donors (Lipinski definition) is 1. The molecule has 0 aliphatic carbocycles. The molecule has 0 spiro atoms. The van der Waals surface area contributed by atoms with Gasteiger partial charge in [-0.05, 0) is 38.1 Å². The predicted octanol–water partition coefficient (Wildman–Crippen LogP) is 3.91. The van der Waals surface area contributed by atoms with Crippen molar-refractivity contribution in [2.75, 3.05) is 12.9 Å². The van der Waals surface area contributed by atoms with Gasteiger partial charge < -0.3 is 14.6 Å². The standard InChI is InChI=1S/C22H23FN4O3S/c1-4-27-20(14(2)24-21(29)17-10-5-6-11-18(17)23)25-26-22(27)31-13-19(28)15-8-7-9-16(12-15)30-3/h5-12,14H,4,13H2,1-3H3,(H,24,29)/t14-/m0/s1. The van der Waals surface area contributed by atoms with E-state index in [-0.39, 0.29) is 17.1 Å². The number of nitrogens with one attached hydrogen (secondary N) is 1. The lowest BCUT2D eigenvalue weighted by molar-refractivity contribution is 0.0932. The smallest absolute Gasteiger partial charge is 0.254 e. The fourth-order valence-electron chi connectivity index (χ4n) is 3.02. The molecule has 0 saturated heterocycles. The first-order valence-corrected chi connectivity index (χ1v) is 10.7. The molecule has 0 unspecified atom stereocenters. The molecule has 7 nitrogen and oxygen atoms in total. The molecule has 3 aromatic rings. The Morgan fingerprint density at radius 3 is 2.68 bits per heavy atom. The highest BCUT2D eigenvalue weighted by molar-refractivity contribution is 7.99. The minimum absolute atomic E-state index is 0.0320. The molecule has 0 saturated carbocycles. The second kappa shape index (κ2) is 10.2. The van der Waals surface area contributed by atoms with Gasteiger partial charge in [0, 0.05) is 12.1 Å². The van der Waals surface area contributed by atoms with E-state index in [2.05, 4.69) is 15.5 Å². The Bertz CT molecular complexity index is 1090. The molecule has 2 aromatic carbocycles. The van der Waals surface area contributed by atoms with Crippen LogP contribution in [0.25, 0.3) is 0 Å². The van der Waals surface area contributed by atoms with Crippen LogP contribution in [0.4, 0.5) is 4.39 Å². The molecule has 1 N–H and O–H groups in total. The molecule has 1 atom stereocenters. The van der Waals surface area contributed by atoms with Crippen LogP contribution in [0.3, 0.4) is 0 Å². The van der Waals surface area contributed by atoms with Gasteiger partial charge >= 0.3 is 0 Å². The van der Waals surface area contributed by atoms with E-state index in [1.165, 1.54) is 30.0 Å². The summed E-state index contributed by atoms with van der Waals surface area (Å²) < 4.78 is 20.9. The van der Waals surface area contributed by atoms with Crippen LogP contribution in [0.2, 0.25) is 0 Å². The van der Waals surface area contributed by atoms with Gasteiger partial charge in [0.15, 0.2) is 16.8 Å². The number of benzene rings is 2. The van der Waals surface area contributed by atoms with Gasteiger partial charge in [-0.25, -0.2) is 4.39 Å². The number of carbonyl (C=O) groups excluding carboxylic acids is 2. The number of aromatic nitrogens is 3. The number of rotatable bonds is 9. The molecule has 0 aliphatic rings. The first-order valence-electron chi connectivity index (χ1n) is 9.73. The number of amides is 1. The van der Waals surface area contributed by atoms with Gasteiger partial charge in [-0.3, -0.25) is 9.59 Å². The molecule has 9 heteroatoms. The van der Waals surface area contributed by atoms with Crippen LogP contribution in [-0.4, -0.2) is 39.3 Å². The van der Waals surface area contributed by atoms with Gasteiger partial charge in [0.05, 0.1) is 24.5 Å². The van der Waals surface area contributed by atoms with Gasteiger partial charge in [-0.1, -0.05) is 36.0 Å². The summed E-state index contributed by atoms with van der Waals surface area (Å²) in [5.41, 5.74) is 0.524. The van der Waals surface area contributed by atoms with E-state index >= 15 is 0 Å². The highest BCUT2D eigenvalue weighted by Gasteiger charge is 2.21. The molecule has 3 rings (SSSR count). The van der Waals surface area contributed by atoms with Crippen molar-refractivity contribution in [2.24, 2.45) is 0 Å². The Kier molecular flexibility index (Phi) is 7.41. The number of Topliss-reactive ketones (excluding diaryl/α,β-unsaturated/α-hetero) is 1. The third kappa shape index (κ3) is 5.29. The Hall–Kier alpha value is -3.20. The predicted molar refractivity (Wildman–Crippen MR) is 116 cm³/mol. The third-order valence-electron chi connectivity index (χ3n) is 4.64. The summed E-state index contributed by atoms with van der Waals surface area (Å²) in [5.74, 6) is 0.159. The monoisotopic (exact) mass is 442 g/mol. The summed E-state index contributed by atoms with van der Waals surface area (Å²) in [4.78, 5) is 24.9. The number of halogens is 1. The highest BCUT2D eigenvalue weighted by Crippen LogP contribution is 2.23. The van der Waals surface area contributed by atoms with Crippen LogP contribution in [0.15, 0.2) is 53.7 Å². The largest absolute Gasteiger partial charge is 0.497 e. The summed E-state index contributed by atoms with van der Waals surface area (Å²) in [6.07, 6.45) is 0. The van der Waals surface area contributed by atoms with Crippen molar-refractivity contribution in [3.05, 3.63) is 71.3 Å². The number of carbonyl (C=O) groups is 2. The van der Waals surface area contributed by atoms with Crippen molar-refractivity contribution < 1.29 is 18.7 Å². The molecule has 0 bridgehead atoms. The zero-order chi connectivity index (χ0) is 22.4. The fraction of sp³-hybridized carbons (Fsp3) is 0.273. The number of nitrogens with zero attached hydrogens (tertiary/aromatic N) is 3. The third-order valence-corrected chi connectivity index (χ3v) is 5.61. The van der Waals surface area contributed by atoms with Gasteiger partial charge in [-0.15, -0.1) is 10.2 Å². The van der Waals surface area contributed by atoms with E-state index < -0.39 is 17.8 Å². The molecule has 1 amide bonds. The Labute approximate surface area is 184 Å². The van der Waals surface area contributed by atoms with Gasteiger partial charge in [-0.2, -0.15) is 0 Å². The van der Waals surface area contributed by atoms with Gasteiger partial charge in [0.25, 0.3) is 5.91 Å². The molecule has 0 fully saturated rings. The highest BCUT2D eigenvalue weighted by atomic mass is 32.2. The minimum atomic E-state index is -0.587. The first-order chi connectivity index (χ1) is 14.9. The summed E-state index contributed by atoms with van der Waals surface area (Å²) in [6.45, 7) is 4.23. The number of ether oxygens (including phenoxy) is 1. The lowest BCUT2D eigenvalue weighted by atomic mass is 10.1. The second-order valence-electron chi connectivity index (χ2n) is 6.70. The van der Waals surface area contributed by atoms with Crippen LogP contribution >= 0.6 is 11.8 Å². The van der Waals surface area contributed by atoms with Crippen LogP contribution in [-0.2, 0) is 6.54 Å². The van der Waals surface area contributed by atoms with Crippen molar-refractivity contribution in [1.82, 2.24) is 20.1 Å². The minimum Gasteiger partial charge on any atom is -0.497 e. The van der Waals surface area contributed by atoms with Crippen LogP contribution in [0.1, 0.15) is 46.4 Å². The average molecular weight is 443 g/mol. The summed E-state index contributed by atoms with van der Waals surface area (Å²) in [5, 5.41) is 11.7. The molecular weight excluding hydrogens is 419 g/mol. The SMILES string of the molecule is CCn1c(SCC(=O)c2cccc(OC)c2)nnc1[C@H](C)NC(=O)c1ccccc1F. The van der Waals surface area contributed by atoms with E-state index in [1.807, 2.05) is 11.5 Å². The van der Waals surface area contributed by atoms with Gasteiger partial charge in [0.2, 0.25) is 0 Å². The van der Waals surface area contributed by atoms with Crippen molar-refractivity contribution in [3.63, 3.8) is 0 Å². The molecule has 1 aromatic heterocycles. The lowest BCUT2D eigenvalue weighted by Crippen LogP contribution is -2.29. The van der Waals surface area contributed by atoms with Crippen LogP contribution in [0, 0.1) is 5.82 Å². The zero-order valence-corrected chi connectivity index (χ0v) is 18.3. The second-order valence-corrected chi connectivity index (χ2v) is 7.65. The Morgan fingerprint density at radius 2 is 1.97 bits per heavy atom. The summed E-state index contributed by atoms with van der Waals surface area (Å²) in [7, 11) is 1.55. The fourth-order valence-corrected chi connectivity index (χ4v) is 3.92. The number of methoxy groups -OCH3 is 1. The summed E-state index contributed by atoms with van der Waals surface area (Å²) in [6, 6.07) is 12.3. The molecule has 1 heterocycles. The molecular formula is C22H23FN4O3S. The van der Waals surface area contributed by atoms with Crippen molar-refractivity contribution in [1.29, 1.82) is 0 Å². The number of ketones is 1. The molecule has 0 radical (unpaired) electrons. The topological polar surface area (TPSA) is 86.1 Å². The average Bonchev–Trinajstić information content (AvgIpc) is 3.20. The Morgan fingerprint density at radius 1 is 1.19 bits per heavy atom. The van der Waals surface area contributed by atoms with Crippen molar-refractivity contribution in [2.45, 2.75) is 31.6 Å². The van der Waals surface area contributed by atoms with E-state index in [0.29, 0.717) is 28.8 Å². The van der Waals surface area contributed by atoms with E-state index in [1.54, 1.807) is 44.4 Å². The van der Waals surface area contributed by atoms with Crippen molar-refractivity contribution >= 4 is 23.5 Å². The maximum atomic E-state index is 13.9. The first kappa shape index (κ1) is 22.5. The zero-order valence-electron chi connectivity index (χ0n) is 17.5. The van der Waals surface area contributed by atoms with E-state index in [4.69, 9.17) is 4.74 Å². The number of thioether (sulfide) groups is 1. The maximum absolute atomic E-state index is 13.9. The molecule has 0 aliphatic heterocycles. The van der Waals surface area contributed by atoms with E-state index in [0.717, 1.165) is 0 Å². The number of hydrogen-bond acceptors (Lipinski definition) is 6. The molecule has 162 valence electrons. The quantitative estimate of drug-likeness (QED) is 0.399. The lowest BCUT2D eigenvalue weighted by Gasteiger charge is -2.15. The van der Waals surface area contributed by atoms with E-state index in [9.17, 15) is 14.0 Å². The van der Waals surface area contributed by atoms with Gasteiger partial charge in [0.1, 0.15) is 11.6 Å². The normalized spacial score (nSPS) is 11.7.